The van der Waals surface area contributed by atoms with E-state index in [9.17, 15) is 4.79 Å². The number of halogens is 1. The number of carboxylic acid groups (broad SMARTS) is 1. The van der Waals surface area contributed by atoms with Crippen LogP contribution in [0.5, 0.6) is 0 Å². The highest BCUT2D eigenvalue weighted by Gasteiger charge is 2.30. The second kappa shape index (κ2) is 5.45. The standard InChI is InChI=1S/C10H16BrN3O2/c1-10(12-2,9(15)16)4-3-5-14-7-8(11)6-13-14/h6-7,12H,3-5H2,1-2H3,(H,15,16). The van der Waals surface area contributed by atoms with Crippen LogP contribution in [0.25, 0.3) is 0 Å². The van der Waals surface area contributed by atoms with Gasteiger partial charge in [-0.1, -0.05) is 0 Å². The molecule has 0 aliphatic heterocycles. The average Bonchev–Trinajstić information content (AvgIpc) is 2.63. The van der Waals surface area contributed by atoms with E-state index in [-0.39, 0.29) is 0 Å². The van der Waals surface area contributed by atoms with Gasteiger partial charge in [0.2, 0.25) is 0 Å². The van der Waals surface area contributed by atoms with Gasteiger partial charge in [-0.05, 0) is 42.7 Å². The van der Waals surface area contributed by atoms with E-state index >= 15 is 0 Å². The van der Waals surface area contributed by atoms with Crippen LogP contribution in [-0.2, 0) is 11.3 Å². The van der Waals surface area contributed by atoms with E-state index in [1.807, 2.05) is 6.20 Å². The molecule has 1 aromatic rings. The summed E-state index contributed by atoms with van der Waals surface area (Å²) in [7, 11) is 1.67. The van der Waals surface area contributed by atoms with Crippen molar-refractivity contribution >= 4 is 21.9 Å². The summed E-state index contributed by atoms with van der Waals surface area (Å²) in [6.45, 7) is 2.41. The molecule has 1 unspecified atom stereocenters. The van der Waals surface area contributed by atoms with Gasteiger partial charge in [-0.3, -0.25) is 9.48 Å². The Labute approximate surface area is 103 Å². The maximum Gasteiger partial charge on any atom is 0.323 e. The smallest absolute Gasteiger partial charge is 0.323 e. The molecular weight excluding hydrogens is 274 g/mol. The summed E-state index contributed by atoms with van der Waals surface area (Å²) >= 11 is 3.31. The predicted molar refractivity (Wildman–Crippen MR) is 64.3 cm³/mol. The Morgan fingerprint density at radius 2 is 2.44 bits per heavy atom. The SMILES string of the molecule is CNC(C)(CCCn1cc(Br)cn1)C(=O)O. The lowest BCUT2D eigenvalue weighted by molar-refractivity contribution is -0.144. The van der Waals surface area contributed by atoms with E-state index in [4.69, 9.17) is 5.11 Å². The number of hydrogen-bond donors (Lipinski definition) is 2. The van der Waals surface area contributed by atoms with Crippen LogP contribution in [0.1, 0.15) is 19.8 Å². The van der Waals surface area contributed by atoms with Crippen LogP contribution in [0, 0.1) is 0 Å². The van der Waals surface area contributed by atoms with Crippen molar-refractivity contribution < 1.29 is 9.90 Å². The van der Waals surface area contributed by atoms with E-state index in [2.05, 4.69) is 26.3 Å². The van der Waals surface area contributed by atoms with E-state index in [1.165, 1.54) is 0 Å². The number of nitrogens with one attached hydrogen (secondary N) is 1. The summed E-state index contributed by atoms with van der Waals surface area (Å²) in [5.74, 6) is -0.823. The van der Waals surface area contributed by atoms with Crippen molar-refractivity contribution in [3.63, 3.8) is 0 Å². The van der Waals surface area contributed by atoms with Crippen molar-refractivity contribution in [3.05, 3.63) is 16.9 Å². The molecule has 1 heterocycles. The fourth-order valence-electron chi connectivity index (χ4n) is 1.39. The topological polar surface area (TPSA) is 67.2 Å². The Balaban J connectivity index is 2.43. The first-order valence-corrected chi connectivity index (χ1v) is 5.87. The molecule has 5 nitrogen and oxygen atoms in total. The van der Waals surface area contributed by atoms with Gasteiger partial charge in [0.1, 0.15) is 5.54 Å². The minimum Gasteiger partial charge on any atom is -0.480 e. The Bertz CT molecular complexity index is 367. The van der Waals surface area contributed by atoms with Crippen LogP contribution in [-0.4, -0.2) is 33.4 Å². The number of carboxylic acids is 1. The molecule has 1 atom stereocenters. The quantitative estimate of drug-likeness (QED) is 0.833. The van der Waals surface area contributed by atoms with Gasteiger partial charge in [0.15, 0.2) is 0 Å². The first-order valence-electron chi connectivity index (χ1n) is 5.08. The summed E-state index contributed by atoms with van der Waals surface area (Å²) in [6.07, 6.45) is 4.92. The van der Waals surface area contributed by atoms with Gasteiger partial charge in [-0.25, -0.2) is 0 Å². The number of nitrogens with zero attached hydrogens (tertiary/aromatic N) is 2. The van der Waals surface area contributed by atoms with E-state index in [0.717, 1.165) is 17.4 Å². The second-order valence-corrected chi connectivity index (χ2v) is 4.83. The highest BCUT2D eigenvalue weighted by atomic mass is 79.9. The monoisotopic (exact) mass is 289 g/mol. The predicted octanol–water partition coefficient (Wildman–Crippen LogP) is 1.49. The maximum atomic E-state index is 11.0. The van der Waals surface area contributed by atoms with E-state index < -0.39 is 11.5 Å². The number of aliphatic carboxylic acids is 1. The van der Waals surface area contributed by atoms with Crippen LogP contribution in [0.3, 0.4) is 0 Å². The number of carbonyl (C=O) groups is 1. The van der Waals surface area contributed by atoms with Gasteiger partial charge < -0.3 is 10.4 Å². The third-order valence-corrected chi connectivity index (χ3v) is 3.10. The van der Waals surface area contributed by atoms with Crippen LogP contribution < -0.4 is 5.32 Å². The molecule has 2 N–H and O–H groups in total. The van der Waals surface area contributed by atoms with Crippen LogP contribution >= 0.6 is 15.9 Å². The van der Waals surface area contributed by atoms with Gasteiger partial charge in [0.05, 0.1) is 10.7 Å². The summed E-state index contributed by atoms with van der Waals surface area (Å²) in [5.41, 5.74) is -0.857. The van der Waals surface area contributed by atoms with Gasteiger partial charge in [-0.15, -0.1) is 0 Å². The molecule has 0 saturated carbocycles. The Hall–Kier alpha value is -0.880. The summed E-state index contributed by atoms with van der Waals surface area (Å²) in [4.78, 5) is 11.0. The zero-order valence-electron chi connectivity index (χ0n) is 9.40. The molecule has 0 aliphatic rings. The van der Waals surface area contributed by atoms with Gasteiger partial charge in [0.25, 0.3) is 0 Å². The molecule has 0 bridgehead atoms. The van der Waals surface area contributed by atoms with Crippen molar-refractivity contribution in [2.24, 2.45) is 0 Å². The first-order chi connectivity index (χ1) is 7.48. The number of aryl methyl sites for hydroxylation is 1. The zero-order chi connectivity index (χ0) is 12.2. The number of rotatable bonds is 6. The highest BCUT2D eigenvalue weighted by molar-refractivity contribution is 9.10. The van der Waals surface area contributed by atoms with Crippen molar-refractivity contribution in [3.8, 4) is 0 Å². The molecular formula is C10H16BrN3O2. The third-order valence-electron chi connectivity index (χ3n) is 2.69. The first kappa shape index (κ1) is 13.2. The zero-order valence-corrected chi connectivity index (χ0v) is 11.0. The number of likely N-dealkylation sites (N-methyl/N-ethyl adjacent to an activating group) is 1. The lowest BCUT2D eigenvalue weighted by atomic mass is 9.96. The molecule has 0 saturated heterocycles. The summed E-state index contributed by atoms with van der Waals surface area (Å²) in [5, 5.41) is 16.0. The maximum absolute atomic E-state index is 11.0. The fraction of sp³-hybridized carbons (Fsp3) is 0.600. The lowest BCUT2D eigenvalue weighted by Crippen LogP contribution is -2.47. The molecule has 16 heavy (non-hydrogen) atoms. The van der Waals surface area contributed by atoms with Crippen molar-refractivity contribution in [1.29, 1.82) is 0 Å². The van der Waals surface area contributed by atoms with E-state index in [1.54, 1.807) is 24.9 Å². The molecule has 0 aliphatic carbocycles. The molecule has 1 rings (SSSR count). The number of hydrogen-bond acceptors (Lipinski definition) is 3. The van der Waals surface area contributed by atoms with Crippen molar-refractivity contribution in [2.75, 3.05) is 7.05 Å². The van der Waals surface area contributed by atoms with Crippen LogP contribution in [0.2, 0.25) is 0 Å². The van der Waals surface area contributed by atoms with Gasteiger partial charge in [-0.2, -0.15) is 5.10 Å². The second-order valence-electron chi connectivity index (χ2n) is 3.91. The molecule has 0 spiro atoms. The van der Waals surface area contributed by atoms with Crippen LogP contribution in [0.4, 0.5) is 0 Å². The Morgan fingerprint density at radius 1 is 1.75 bits per heavy atom. The molecule has 90 valence electrons. The Morgan fingerprint density at radius 3 is 2.88 bits per heavy atom. The summed E-state index contributed by atoms with van der Waals surface area (Å²) < 4.78 is 2.73. The molecule has 0 amide bonds. The van der Waals surface area contributed by atoms with Crippen molar-refractivity contribution in [2.45, 2.75) is 31.8 Å². The normalized spacial score (nSPS) is 14.7. The van der Waals surface area contributed by atoms with Crippen molar-refractivity contribution in [1.82, 2.24) is 15.1 Å². The van der Waals surface area contributed by atoms with Crippen LogP contribution in [0.15, 0.2) is 16.9 Å². The minimum atomic E-state index is -0.857. The fourth-order valence-corrected chi connectivity index (χ4v) is 1.72. The summed E-state index contributed by atoms with van der Waals surface area (Å²) in [6, 6.07) is 0. The van der Waals surface area contributed by atoms with Gasteiger partial charge >= 0.3 is 5.97 Å². The Kier molecular flexibility index (Phi) is 4.49. The molecule has 0 aromatic carbocycles. The third kappa shape index (κ3) is 3.31. The largest absolute Gasteiger partial charge is 0.480 e. The average molecular weight is 290 g/mol. The lowest BCUT2D eigenvalue weighted by Gasteiger charge is -2.23. The molecule has 0 fully saturated rings. The molecule has 0 radical (unpaired) electrons. The molecule has 6 heteroatoms. The van der Waals surface area contributed by atoms with Gasteiger partial charge in [0, 0.05) is 12.7 Å². The highest BCUT2D eigenvalue weighted by Crippen LogP contribution is 2.13. The minimum absolute atomic E-state index is 0.566. The van der Waals surface area contributed by atoms with E-state index in [0.29, 0.717) is 6.42 Å². The number of aromatic nitrogens is 2. The molecule has 1 aromatic heterocycles.